The lowest BCUT2D eigenvalue weighted by molar-refractivity contribution is -0.154. The molecule has 0 unspecified atom stereocenters. The van der Waals surface area contributed by atoms with Crippen molar-refractivity contribution in [3.63, 3.8) is 0 Å². The predicted octanol–water partition coefficient (Wildman–Crippen LogP) is 4.90. The predicted molar refractivity (Wildman–Crippen MR) is 89.5 cm³/mol. The fourth-order valence-electron chi connectivity index (χ4n) is 1.93. The molecule has 0 heterocycles. The molecule has 25 heavy (non-hydrogen) atoms. The van der Waals surface area contributed by atoms with Gasteiger partial charge in [0.25, 0.3) is 0 Å². The van der Waals surface area contributed by atoms with Gasteiger partial charge in [-0.25, -0.2) is 0 Å². The molecule has 0 bridgehead atoms. The molecule has 0 aliphatic carbocycles. The Hall–Kier alpha value is -1.76. The third kappa shape index (κ3) is 9.34. The van der Waals surface area contributed by atoms with Gasteiger partial charge in [-0.05, 0) is 44.9 Å². The Labute approximate surface area is 149 Å². The zero-order valence-corrected chi connectivity index (χ0v) is 15.1. The van der Waals surface area contributed by atoms with E-state index in [0.29, 0.717) is 12.0 Å². The summed E-state index contributed by atoms with van der Waals surface area (Å²) in [6.45, 7) is 5.30. The molecule has 0 spiro atoms. The van der Waals surface area contributed by atoms with Gasteiger partial charge in [-0.1, -0.05) is 17.7 Å². The maximum Gasteiger partial charge on any atom is 0.389 e. The molecule has 4 nitrogen and oxygen atoms in total. The summed E-state index contributed by atoms with van der Waals surface area (Å²) in [5.74, 6) is -1.14. The van der Waals surface area contributed by atoms with Crippen molar-refractivity contribution in [3.05, 3.63) is 28.8 Å². The van der Waals surface area contributed by atoms with Crippen molar-refractivity contribution >= 4 is 29.2 Å². The van der Waals surface area contributed by atoms with Crippen LogP contribution in [0.5, 0.6) is 0 Å². The Morgan fingerprint density at radius 3 is 2.36 bits per heavy atom. The maximum absolute atomic E-state index is 12.1. The largest absolute Gasteiger partial charge is 0.460 e. The van der Waals surface area contributed by atoms with E-state index in [1.54, 1.807) is 26.8 Å². The Kier molecular flexibility index (Phi) is 7.29. The molecule has 1 amide bonds. The normalized spacial score (nSPS) is 12.0. The molecule has 0 aromatic heterocycles. The summed E-state index contributed by atoms with van der Waals surface area (Å²) < 4.78 is 41.6. The van der Waals surface area contributed by atoms with E-state index in [2.05, 4.69) is 5.32 Å². The van der Waals surface area contributed by atoms with E-state index in [1.165, 1.54) is 12.1 Å². The minimum absolute atomic E-state index is 0.139. The molecule has 0 aliphatic heterocycles. The van der Waals surface area contributed by atoms with E-state index in [9.17, 15) is 22.8 Å². The maximum atomic E-state index is 12.1. The number of anilines is 1. The monoisotopic (exact) mass is 379 g/mol. The number of aryl methyl sites for hydroxylation is 1. The highest BCUT2D eigenvalue weighted by Gasteiger charge is 2.28. The second-order valence-electron chi connectivity index (χ2n) is 6.56. The molecule has 140 valence electrons. The third-order valence-corrected chi connectivity index (χ3v) is 3.31. The zero-order chi connectivity index (χ0) is 19.3. The van der Waals surface area contributed by atoms with Crippen molar-refractivity contribution in [2.45, 2.75) is 58.2 Å². The van der Waals surface area contributed by atoms with Gasteiger partial charge in [0.1, 0.15) is 5.60 Å². The van der Waals surface area contributed by atoms with Crippen LogP contribution < -0.4 is 5.32 Å². The van der Waals surface area contributed by atoms with Gasteiger partial charge in [0.2, 0.25) is 5.91 Å². The van der Waals surface area contributed by atoms with E-state index >= 15 is 0 Å². The Bertz CT molecular complexity index is 625. The summed E-state index contributed by atoms with van der Waals surface area (Å²) in [5.41, 5.74) is 0.353. The molecule has 0 radical (unpaired) electrons. The average Bonchev–Trinajstić information content (AvgIpc) is 2.43. The molecular weight excluding hydrogens is 359 g/mol. The lowest BCUT2D eigenvalue weighted by atomic mass is 10.1. The number of carbonyl (C=O) groups is 2. The highest BCUT2D eigenvalue weighted by molar-refractivity contribution is 6.33. The van der Waals surface area contributed by atoms with Gasteiger partial charge < -0.3 is 10.1 Å². The number of rotatable bonds is 6. The smallest absolute Gasteiger partial charge is 0.389 e. The van der Waals surface area contributed by atoms with Gasteiger partial charge >= 0.3 is 12.1 Å². The van der Waals surface area contributed by atoms with Crippen molar-refractivity contribution in [2.75, 3.05) is 5.32 Å². The molecule has 0 atom stereocenters. The van der Waals surface area contributed by atoms with Crippen molar-refractivity contribution in [1.29, 1.82) is 0 Å². The molecule has 8 heteroatoms. The molecule has 1 aromatic carbocycles. The Morgan fingerprint density at radius 1 is 1.16 bits per heavy atom. The third-order valence-electron chi connectivity index (χ3n) is 2.98. The number of amides is 1. The van der Waals surface area contributed by atoms with Crippen molar-refractivity contribution in [2.24, 2.45) is 0 Å². The number of hydrogen-bond acceptors (Lipinski definition) is 3. The first kappa shape index (κ1) is 21.3. The fraction of sp³-hybridized carbons (Fsp3) is 0.529. The number of nitrogens with one attached hydrogen (secondary N) is 1. The van der Waals surface area contributed by atoms with Crippen molar-refractivity contribution < 1.29 is 27.5 Å². The van der Waals surface area contributed by atoms with Crippen LogP contribution in [0.25, 0.3) is 0 Å². The quantitative estimate of drug-likeness (QED) is 0.715. The summed E-state index contributed by atoms with van der Waals surface area (Å²) in [6.07, 6.45) is -5.77. The highest BCUT2D eigenvalue weighted by atomic mass is 35.5. The van der Waals surface area contributed by atoms with E-state index < -0.39 is 30.5 Å². The number of ether oxygens (including phenoxy) is 1. The van der Waals surface area contributed by atoms with Gasteiger partial charge in [0.05, 0.1) is 17.1 Å². The molecule has 0 fully saturated rings. The van der Waals surface area contributed by atoms with Gasteiger partial charge in [-0.2, -0.15) is 13.2 Å². The lowest BCUT2D eigenvalue weighted by Crippen LogP contribution is -2.24. The van der Waals surface area contributed by atoms with Gasteiger partial charge in [0.15, 0.2) is 0 Å². The molecule has 0 saturated carbocycles. The molecule has 0 saturated heterocycles. The number of alkyl halides is 3. The first-order valence-electron chi connectivity index (χ1n) is 7.72. The van der Waals surface area contributed by atoms with E-state index in [-0.39, 0.29) is 23.1 Å². The highest BCUT2D eigenvalue weighted by Crippen LogP contribution is 2.26. The molecule has 1 rings (SSSR count). The zero-order valence-electron chi connectivity index (χ0n) is 14.3. The lowest BCUT2D eigenvalue weighted by Gasteiger charge is -2.19. The summed E-state index contributed by atoms with van der Waals surface area (Å²) in [7, 11) is 0. The molecule has 0 aliphatic rings. The number of hydrogen-bond donors (Lipinski definition) is 1. The van der Waals surface area contributed by atoms with E-state index in [1.807, 2.05) is 0 Å². The number of carbonyl (C=O) groups excluding carboxylic acids is 2. The van der Waals surface area contributed by atoms with Crippen LogP contribution in [-0.2, 0) is 20.7 Å². The Balaban J connectivity index is 2.64. The minimum atomic E-state index is -4.39. The van der Waals surface area contributed by atoms with Crippen LogP contribution in [0.4, 0.5) is 18.9 Å². The van der Waals surface area contributed by atoms with E-state index in [0.717, 1.165) is 0 Å². The minimum Gasteiger partial charge on any atom is -0.460 e. The van der Waals surface area contributed by atoms with Crippen LogP contribution in [0, 0.1) is 0 Å². The fourth-order valence-corrected chi connectivity index (χ4v) is 2.10. The average molecular weight is 380 g/mol. The van der Waals surface area contributed by atoms with Gasteiger partial charge in [0, 0.05) is 12.8 Å². The van der Waals surface area contributed by atoms with Gasteiger partial charge in [-0.15, -0.1) is 0 Å². The van der Waals surface area contributed by atoms with Crippen LogP contribution in [0.15, 0.2) is 18.2 Å². The van der Waals surface area contributed by atoms with Gasteiger partial charge in [-0.3, -0.25) is 9.59 Å². The molecule has 1 N–H and O–H groups in total. The topological polar surface area (TPSA) is 55.4 Å². The first-order chi connectivity index (χ1) is 11.4. The molecule has 1 aromatic rings. The molecular formula is C17H21ClF3NO3. The van der Waals surface area contributed by atoms with Crippen molar-refractivity contribution in [3.8, 4) is 0 Å². The standard InChI is InChI=1S/C17H21ClF3NO3/c1-16(2,3)25-15(24)7-5-11-4-6-12(18)13(10-11)22-14(23)8-9-17(19,20)21/h4,6,10H,5,7-9H2,1-3H3,(H,22,23). The van der Waals surface area contributed by atoms with Crippen molar-refractivity contribution in [1.82, 2.24) is 0 Å². The summed E-state index contributed by atoms with van der Waals surface area (Å²) in [5, 5.41) is 2.57. The van der Waals surface area contributed by atoms with Crippen LogP contribution in [0.2, 0.25) is 5.02 Å². The van der Waals surface area contributed by atoms with Crippen LogP contribution in [0.3, 0.4) is 0 Å². The second kappa shape index (κ2) is 8.56. The van der Waals surface area contributed by atoms with Crippen LogP contribution in [-0.4, -0.2) is 23.7 Å². The number of benzene rings is 1. The van der Waals surface area contributed by atoms with Crippen LogP contribution in [0.1, 0.15) is 45.6 Å². The SMILES string of the molecule is CC(C)(C)OC(=O)CCc1ccc(Cl)c(NC(=O)CCC(F)(F)F)c1. The number of halogens is 4. The van der Waals surface area contributed by atoms with E-state index in [4.69, 9.17) is 16.3 Å². The summed E-state index contributed by atoms with van der Waals surface area (Å²) in [4.78, 5) is 23.3. The summed E-state index contributed by atoms with van der Waals surface area (Å²) >= 11 is 5.95. The first-order valence-corrected chi connectivity index (χ1v) is 8.10. The number of esters is 1. The summed E-state index contributed by atoms with van der Waals surface area (Å²) in [6, 6.07) is 4.74. The van der Waals surface area contributed by atoms with Crippen LogP contribution >= 0.6 is 11.6 Å². The second-order valence-corrected chi connectivity index (χ2v) is 6.97. The Morgan fingerprint density at radius 2 is 1.80 bits per heavy atom.